The molecule has 1 amide bonds. The second-order valence-electron chi connectivity index (χ2n) is 6.19. The number of anilines is 3. The van der Waals surface area contributed by atoms with E-state index in [1.165, 1.54) is 0 Å². The summed E-state index contributed by atoms with van der Waals surface area (Å²) in [6.45, 7) is 2.48. The summed E-state index contributed by atoms with van der Waals surface area (Å²) in [7, 11) is 0. The first kappa shape index (κ1) is 17.6. The van der Waals surface area contributed by atoms with Gasteiger partial charge >= 0.3 is 0 Å². The molecule has 0 fully saturated rings. The van der Waals surface area contributed by atoms with Gasteiger partial charge in [-0.15, -0.1) is 10.2 Å². The maximum atomic E-state index is 12.8. The van der Waals surface area contributed by atoms with Crippen molar-refractivity contribution in [2.75, 3.05) is 16.8 Å². The molecule has 2 aromatic heterocycles. The van der Waals surface area contributed by atoms with E-state index in [1.54, 1.807) is 23.2 Å². The van der Waals surface area contributed by atoms with Crippen LogP contribution in [0.15, 0.2) is 79.0 Å². The van der Waals surface area contributed by atoms with Crippen LogP contribution in [0.25, 0.3) is 10.9 Å². The van der Waals surface area contributed by atoms with Crippen molar-refractivity contribution in [3.8, 4) is 0 Å². The Kier molecular flexibility index (Phi) is 4.93. The molecule has 0 spiro atoms. The molecule has 0 aliphatic carbocycles. The lowest BCUT2D eigenvalue weighted by Crippen LogP contribution is -2.31. The fraction of sp³-hybridized carbons (Fsp3) is 0.0909. The fourth-order valence-electron chi connectivity index (χ4n) is 3.05. The highest BCUT2D eigenvalue weighted by atomic mass is 16.2. The molecule has 138 valence electrons. The van der Waals surface area contributed by atoms with E-state index in [4.69, 9.17) is 0 Å². The van der Waals surface area contributed by atoms with Gasteiger partial charge in [-0.2, -0.15) is 0 Å². The van der Waals surface area contributed by atoms with Crippen LogP contribution in [0.3, 0.4) is 0 Å². The summed E-state index contributed by atoms with van der Waals surface area (Å²) >= 11 is 0. The lowest BCUT2D eigenvalue weighted by Gasteiger charge is -2.20. The van der Waals surface area contributed by atoms with Gasteiger partial charge in [-0.1, -0.05) is 36.4 Å². The van der Waals surface area contributed by atoms with Crippen LogP contribution >= 0.6 is 0 Å². The molecule has 0 atom stereocenters. The zero-order valence-electron chi connectivity index (χ0n) is 15.4. The number of para-hydroxylation sites is 2. The second kappa shape index (κ2) is 7.84. The number of rotatable bonds is 5. The maximum absolute atomic E-state index is 12.8. The van der Waals surface area contributed by atoms with E-state index in [9.17, 15) is 4.79 Å². The Bertz CT molecular complexity index is 1090. The third-order valence-corrected chi connectivity index (χ3v) is 4.41. The van der Waals surface area contributed by atoms with E-state index in [2.05, 4.69) is 20.5 Å². The Morgan fingerprint density at radius 2 is 1.75 bits per heavy atom. The molecule has 4 rings (SSSR count). The van der Waals surface area contributed by atoms with Crippen molar-refractivity contribution in [2.45, 2.75) is 6.92 Å². The van der Waals surface area contributed by atoms with Crippen molar-refractivity contribution in [1.29, 1.82) is 0 Å². The minimum Gasteiger partial charge on any atom is -0.337 e. The van der Waals surface area contributed by atoms with E-state index in [-0.39, 0.29) is 5.91 Å². The van der Waals surface area contributed by atoms with Crippen molar-refractivity contribution >= 4 is 34.0 Å². The zero-order valence-corrected chi connectivity index (χ0v) is 15.4. The third-order valence-electron chi connectivity index (χ3n) is 4.41. The van der Waals surface area contributed by atoms with Gasteiger partial charge in [-0.3, -0.25) is 9.78 Å². The van der Waals surface area contributed by atoms with Crippen molar-refractivity contribution in [1.82, 2.24) is 15.2 Å². The Morgan fingerprint density at radius 1 is 0.929 bits per heavy atom. The summed E-state index contributed by atoms with van der Waals surface area (Å²) in [4.78, 5) is 18.9. The second-order valence-corrected chi connectivity index (χ2v) is 6.19. The zero-order chi connectivity index (χ0) is 19.3. The summed E-state index contributed by atoms with van der Waals surface area (Å²) < 4.78 is 0. The Labute approximate surface area is 162 Å². The highest BCUT2D eigenvalue weighted by Gasteiger charge is 2.17. The first-order valence-electron chi connectivity index (χ1n) is 9.07. The molecule has 1 N–H and O–H groups in total. The SMILES string of the molecule is CCN(C(=O)c1ccc(Nc2cccc3cccnc23)nn1)c1ccccc1. The van der Waals surface area contributed by atoms with Crippen molar-refractivity contribution in [2.24, 2.45) is 0 Å². The molecule has 2 heterocycles. The molecule has 2 aromatic carbocycles. The van der Waals surface area contributed by atoms with E-state index in [1.807, 2.05) is 67.6 Å². The summed E-state index contributed by atoms with van der Waals surface area (Å²) in [6, 6.07) is 22.8. The third kappa shape index (κ3) is 3.53. The van der Waals surface area contributed by atoms with E-state index in [0.29, 0.717) is 18.1 Å². The molecule has 0 saturated carbocycles. The van der Waals surface area contributed by atoms with Gasteiger partial charge in [0.1, 0.15) is 0 Å². The number of pyridine rings is 1. The first-order chi connectivity index (χ1) is 13.8. The van der Waals surface area contributed by atoms with Crippen LogP contribution in [0.5, 0.6) is 0 Å². The highest BCUT2D eigenvalue weighted by molar-refractivity contribution is 6.04. The molecule has 0 aliphatic heterocycles. The van der Waals surface area contributed by atoms with E-state index in [0.717, 1.165) is 22.3 Å². The van der Waals surface area contributed by atoms with Crippen molar-refractivity contribution in [3.63, 3.8) is 0 Å². The topological polar surface area (TPSA) is 71.0 Å². The largest absolute Gasteiger partial charge is 0.337 e. The number of nitrogens with zero attached hydrogens (tertiary/aromatic N) is 4. The Hall–Kier alpha value is -3.80. The van der Waals surface area contributed by atoms with Gasteiger partial charge in [-0.05, 0) is 43.3 Å². The van der Waals surface area contributed by atoms with Crippen molar-refractivity contribution in [3.05, 3.63) is 84.7 Å². The number of amides is 1. The Balaban J connectivity index is 1.56. The number of benzene rings is 2. The molecule has 0 unspecified atom stereocenters. The van der Waals surface area contributed by atoms with E-state index >= 15 is 0 Å². The van der Waals surface area contributed by atoms with Crippen LogP contribution in [0.1, 0.15) is 17.4 Å². The van der Waals surface area contributed by atoms with E-state index < -0.39 is 0 Å². The summed E-state index contributed by atoms with van der Waals surface area (Å²) in [5.74, 6) is 0.372. The summed E-state index contributed by atoms with van der Waals surface area (Å²) in [6.07, 6.45) is 1.75. The molecule has 0 aliphatic rings. The predicted molar refractivity (Wildman–Crippen MR) is 111 cm³/mol. The lowest BCUT2D eigenvalue weighted by molar-refractivity contribution is 0.0982. The van der Waals surface area contributed by atoms with Crippen LogP contribution in [0, 0.1) is 0 Å². The highest BCUT2D eigenvalue weighted by Crippen LogP contribution is 2.23. The van der Waals surface area contributed by atoms with Crippen LogP contribution in [0.4, 0.5) is 17.2 Å². The normalized spacial score (nSPS) is 10.6. The monoisotopic (exact) mass is 369 g/mol. The van der Waals surface area contributed by atoms with Gasteiger partial charge in [0, 0.05) is 23.8 Å². The van der Waals surface area contributed by atoms with Gasteiger partial charge in [0.25, 0.3) is 5.91 Å². The molecule has 4 aromatic rings. The van der Waals surface area contributed by atoms with Gasteiger partial charge in [0.2, 0.25) is 0 Å². The fourth-order valence-corrected chi connectivity index (χ4v) is 3.05. The smallest absolute Gasteiger partial charge is 0.278 e. The molecule has 28 heavy (non-hydrogen) atoms. The van der Waals surface area contributed by atoms with Gasteiger partial charge < -0.3 is 10.2 Å². The number of aromatic nitrogens is 3. The Morgan fingerprint density at radius 3 is 2.50 bits per heavy atom. The average molecular weight is 369 g/mol. The first-order valence-corrected chi connectivity index (χ1v) is 9.07. The standard InChI is InChI=1S/C22H19N5O/c1-2-27(17-10-4-3-5-11-17)22(28)19-13-14-20(26-25-19)24-18-12-6-8-16-9-7-15-23-21(16)18/h3-15H,2H2,1H3,(H,24,26). The van der Waals surface area contributed by atoms with Crippen LogP contribution < -0.4 is 10.2 Å². The van der Waals surface area contributed by atoms with Gasteiger partial charge in [0.15, 0.2) is 11.5 Å². The van der Waals surface area contributed by atoms with Gasteiger partial charge in [-0.25, -0.2) is 0 Å². The van der Waals surface area contributed by atoms with Crippen LogP contribution in [0.2, 0.25) is 0 Å². The van der Waals surface area contributed by atoms with Crippen LogP contribution in [-0.4, -0.2) is 27.6 Å². The minimum absolute atomic E-state index is 0.181. The number of carbonyl (C=O) groups excluding carboxylic acids is 1. The van der Waals surface area contributed by atoms with Gasteiger partial charge in [0.05, 0.1) is 11.2 Å². The molecular weight excluding hydrogens is 350 g/mol. The lowest BCUT2D eigenvalue weighted by atomic mass is 10.2. The predicted octanol–water partition coefficient (Wildman–Crippen LogP) is 4.44. The molecule has 6 nitrogen and oxygen atoms in total. The van der Waals surface area contributed by atoms with Crippen LogP contribution in [-0.2, 0) is 0 Å². The number of nitrogens with one attached hydrogen (secondary N) is 1. The molecule has 6 heteroatoms. The molecular formula is C22H19N5O. The maximum Gasteiger partial charge on any atom is 0.278 e. The van der Waals surface area contributed by atoms with Crippen molar-refractivity contribution < 1.29 is 4.79 Å². The summed E-state index contributed by atoms with van der Waals surface area (Å²) in [5.41, 5.74) is 2.83. The summed E-state index contributed by atoms with van der Waals surface area (Å²) in [5, 5.41) is 12.6. The number of hydrogen-bond acceptors (Lipinski definition) is 5. The average Bonchev–Trinajstić information content (AvgIpc) is 2.76. The quantitative estimate of drug-likeness (QED) is 0.563. The minimum atomic E-state index is -0.181. The number of carbonyl (C=O) groups is 1. The number of fused-ring (bicyclic) bond motifs is 1. The molecule has 0 radical (unpaired) electrons. The molecule has 0 saturated heterocycles. The number of hydrogen-bond donors (Lipinski definition) is 1. The molecule has 0 bridgehead atoms.